The number of rotatable bonds is 5. The molecule has 1 saturated heterocycles. The van der Waals surface area contributed by atoms with Crippen molar-refractivity contribution in [2.75, 3.05) is 19.6 Å². The van der Waals surface area contributed by atoms with Crippen molar-refractivity contribution >= 4 is 23.4 Å². The zero-order valence-corrected chi connectivity index (χ0v) is 16.8. The zero-order chi connectivity index (χ0) is 20.2. The molecule has 1 aliphatic heterocycles. The molecule has 2 atom stereocenters. The zero-order valence-electron chi connectivity index (χ0n) is 16.1. The Balaban J connectivity index is 2.09. The number of hydrogen-bond acceptors (Lipinski definition) is 5. The van der Waals surface area contributed by atoms with Crippen molar-refractivity contribution in [2.24, 2.45) is 11.1 Å². The van der Waals surface area contributed by atoms with E-state index < -0.39 is 23.5 Å². The molecule has 8 heteroatoms. The van der Waals surface area contributed by atoms with E-state index in [1.54, 1.807) is 32.9 Å². The van der Waals surface area contributed by atoms with E-state index in [-0.39, 0.29) is 12.5 Å². The number of aliphatic hydroxyl groups excluding tert-OH is 1. The number of carbonyl (C=O) groups is 2. The van der Waals surface area contributed by atoms with Crippen molar-refractivity contribution in [3.05, 3.63) is 34.3 Å². The van der Waals surface area contributed by atoms with Gasteiger partial charge in [0, 0.05) is 37.7 Å². The number of halogens is 1. The highest BCUT2D eigenvalue weighted by Crippen LogP contribution is 2.22. The molecule has 1 aliphatic rings. The van der Waals surface area contributed by atoms with Gasteiger partial charge in [0.2, 0.25) is 5.91 Å². The first-order valence-electron chi connectivity index (χ1n) is 9.09. The lowest BCUT2D eigenvalue weighted by Gasteiger charge is -2.38. The lowest BCUT2D eigenvalue weighted by Crippen LogP contribution is -2.62. The Morgan fingerprint density at radius 3 is 2.74 bits per heavy atom. The summed E-state index contributed by atoms with van der Waals surface area (Å²) in [6.07, 6.45) is -1.16. The van der Waals surface area contributed by atoms with Crippen LogP contribution in [-0.4, -0.2) is 53.6 Å². The molecule has 1 aromatic carbocycles. The number of nitrogens with one attached hydrogen (secondary N) is 2. The van der Waals surface area contributed by atoms with Crippen LogP contribution in [0.2, 0.25) is 5.02 Å². The second-order valence-corrected chi connectivity index (χ2v) is 8.29. The van der Waals surface area contributed by atoms with E-state index >= 15 is 0 Å². The third-order valence-electron chi connectivity index (χ3n) is 4.72. The fourth-order valence-corrected chi connectivity index (χ4v) is 3.18. The van der Waals surface area contributed by atoms with Gasteiger partial charge in [0.25, 0.3) is 5.91 Å². The number of nitrogens with two attached hydrogens (primary N) is 1. The predicted molar refractivity (Wildman–Crippen MR) is 105 cm³/mol. The van der Waals surface area contributed by atoms with Crippen molar-refractivity contribution in [3.63, 3.8) is 0 Å². The van der Waals surface area contributed by atoms with Crippen molar-refractivity contribution in [1.82, 2.24) is 15.5 Å². The monoisotopic (exact) mass is 396 g/mol. The van der Waals surface area contributed by atoms with Gasteiger partial charge in [0.1, 0.15) is 12.1 Å². The molecular weight excluding hydrogens is 368 g/mol. The maximum atomic E-state index is 12.8. The maximum absolute atomic E-state index is 12.8. The van der Waals surface area contributed by atoms with Gasteiger partial charge in [-0.2, -0.15) is 0 Å². The quantitative estimate of drug-likeness (QED) is 0.583. The van der Waals surface area contributed by atoms with E-state index in [0.29, 0.717) is 31.2 Å². The molecule has 1 unspecified atom stereocenters. The minimum atomic E-state index is -1.16. The van der Waals surface area contributed by atoms with E-state index in [9.17, 15) is 14.7 Å². The summed E-state index contributed by atoms with van der Waals surface area (Å²) in [7, 11) is 0. The number of piperazine rings is 1. The fourth-order valence-electron chi connectivity index (χ4n) is 2.99. The van der Waals surface area contributed by atoms with Gasteiger partial charge >= 0.3 is 0 Å². The van der Waals surface area contributed by atoms with Crippen LogP contribution in [0.15, 0.2) is 18.2 Å². The molecule has 0 saturated carbocycles. The standard InChI is InChI=1S/C19H29ClN4O3/c1-19(2,3)16(25)18(27)24-7-6-22-11-15(24)17(26)23-10-13-8-14(20)5-4-12(13)9-21/h4-5,8,15-16,22,25H,6-7,9-11,21H2,1-3H3,(H,23,26)/t15?,16-/m0/s1. The van der Waals surface area contributed by atoms with Crippen molar-refractivity contribution < 1.29 is 14.7 Å². The summed E-state index contributed by atoms with van der Waals surface area (Å²) in [5, 5.41) is 16.9. The highest BCUT2D eigenvalue weighted by atomic mass is 35.5. The van der Waals surface area contributed by atoms with E-state index in [0.717, 1.165) is 11.1 Å². The molecule has 5 N–H and O–H groups in total. The first-order chi connectivity index (χ1) is 12.6. The smallest absolute Gasteiger partial charge is 0.252 e. The van der Waals surface area contributed by atoms with Crippen molar-refractivity contribution in [1.29, 1.82) is 0 Å². The van der Waals surface area contributed by atoms with Gasteiger partial charge in [0.05, 0.1) is 0 Å². The summed E-state index contributed by atoms with van der Waals surface area (Å²) in [5.41, 5.74) is 6.88. The molecule has 1 heterocycles. The Labute approximate surface area is 165 Å². The second kappa shape index (κ2) is 9.01. The highest BCUT2D eigenvalue weighted by molar-refractivity contribution is 6.30. The molecule has 2 rings (SSSR count). The van der Waals surface area contributed by atoms with Crippen LogP contribution in [0.1, 0.15) is 31.9 Å². The summed E-state index contributed by atoms with van der Waals surface area (Å²) < 4.78 is 0. The van der Waals surface area contributed by atoms with Crippen LogP contribution in [0.3, 0.4) is 0 Å². The Hall–Kier alpha value is -1.67. The van der Waals surface area contributed by atoms with Gasteiger partial charge in [-0.05, 0) is 28.7 Å². The Morgan fingerprint density at radius 1 is 1.41 bits per heavy atom. The molecule has 0 bridgehead atoms. The third kappa shape index (κ3) is 5.42. The SMILES string of the molecule is CC(C)(C)[C@@H](O)C(=O)N1CCNCC1C(=O)NCc1cc(Cl)ccc1CN. The highest BCUT2D eigenvalue weighted by Gasteiger charge is 2.38. The molecular formula is C19H29ClN4O3. The van der Waals surface area contributed by atoms with E-state index in [2.05, 4.69) is 10.6 Å². The minimum absolute atomic E-state index is 0.270. The first kappa shape index (κ1) is 21.6. The van der Waals surface area contributed by atoms with Gasteiger partial charge < -0.3 is 26.4 Å². The molecule has 0 spiro atoms. The fraction of sp³-hybridized carbons (Fsp3) is 0.579. The van der Waals surface area contributed by atoms with Gasteiger partial charge in [0.15, 0.2) is 0 Å². The summed E-state index contributed by atoms with van der Waals surface area (Å²) in [4.78, 5) is 26.9. The summed E-state index contributed by atoms with van der Waals surface area (Å²) in [6.45, 7) is 7.28. The average Bonchev–Trinajstić information content (AvgIpc) is 2.64. The molecule has 0 aliphatic carbocycles. The number of aliphatic hydroxyl groups is 1. The first-order valence-corrected chi connectivity index (χ1v) is 9.47. The van der Waals surface area contributed by atoms with Gasteiger partial charge in [-0.15, -0.1) is 0 Å². The van der Waals surface area contributed by atoms with Gasteiger partial charge in [-0.25, -0.2) is 0 Å². The van der Waals surface area contributed by atoms with E-state index in [1.807, 2.05) is 6.07 Å². The minimum Gasteiger partial charge on any atom is -0.383 e. The van der Waals surface area contributed by atoms with Crippen LogP contribution in [-0.2, 0) is 22.7 Å². The molecule has 1 fully saturated rings. The number of benzene rings is 1. The lowest BCUT2D eigenvalue weighted by atomic mass is 9.88. The normalized spacial score (nSPS) is 18.9. The van der Waals surface area contributed by atoms with Crippen LogP contribution in [0, 0.1) is 5.41 Å². The van der Waals surface area contributed by atoms with Crippen LogP contribution in [0.4, 0.5) is 0 Å². The van der Waals surface area contributed by atoms with Crippen LogP contribution >= 0.6 is 11.6 Å². The molecule has 2 amide bonds. The van der Waals surface area contributed by atoms with Crippen LogP contribution in [0.5, 0.6) is 0 Å². The molecule has 1 aromatic rings. The molecule has 7 nitrogen and oxygen atoms in total. The van der Waals surface area contributed by atoms with Crippen LogP contribution in [0.25, 0.3) is 0 Å². The number of nitrogens with zero attached hydrogens (tertiary/aromatic N) is 1. The number of amides is 2. The number of carbonyl (C=O) groups excluding carboxylic acids is 2. The van der Waals surface area contributed by atoms with E-state index in [4.69, 9.17) is 17.3 Å². The number of hydrogen-bond donors (Lipinski definition) is 4. The van der Waals surface area contributed by atoms with Crippen LogP contribution < -0.4 is 16.4 Å². The molecule has 0 aromatic heterocycles. The molecule has 0 radical (unpaired) electrons. The predicted octanol–water partition coefficient (Wildman–Crippen LogP) is 0.622. The second-order valence-electron chi connectivity index (χ2n) is 7.86. The topological polar surface area (TPSA) is 108 Å². The maximum Gasteiger partial charge on any atom is 0.252 e. The van der Waals surface area contributed by atoms with Gasteiger partial charge in [-0.1, -0.05) is 38.4 Å². The lowest BCUT2D eigenvalue weighted by molar-refractivity contribution is -0.153. The Morgan fingerprint density at radius 2 is 2.11 bits per heavy atom. The largest absolute Gasteiger partial charge is 0.383 e. The van der Waals surface area contributed by atoms with Crippen molar-refractivity contribution in [3.8, 4) is 0 Å². The Bertz CT molecular complexity index is 690. The van der Waals surface area contributed by atoms with Gasteiger partial charge in [-0.3, -0.25) is 9.59 Å². The summed E-state index contributed by atoms with van der Waals surface area (Å²) in [5.74, 6) is -0.700. The summed E-state index contributed by atoms with van der Waals surface area (Å²) >= 11 is 6.04. The molecule has 27 heavy (non-hydrogen) atoms. The Kier molecular flexibility index (Phi) is 7.22. The third-order valence-corrected chi connectivity index (χ3v) is 4.96. The van der Waals surface area contributed by atoms with E-state index in [1.165, 1.54) is 4.90 Å². The summed E-state index contributed by atoms with van der Waals surface area (Å²) in [6, 6.07) is 4.69. The van der Waals surface area contributed by atoms with Crippen molar-refractivity contribution in [2.45, 2.75) is 46.0 Å². The average molecular weight is 397 g/mol. The molecule has 150 valence electrons.